The number of carbonyl (C=O) groups is 1. The first-order valence-corrected chi connectivity index (χ1v) is 7.89. The van der Waals surface area contributed by atoms with Crippen molar-refractivity contribution in [2.45, 2.75) is 56.3 Å². The predicted octanol–water partition coefficient (Wildman–Crippen LogP) is 1.83. The Hall–Kier alpha value is -1.13. The van der Waals surface area contributed by atoms with Crippen LogP contribution in [0.15, 0.2) is 24.3 Å². The van der Waals surface area contributed by atoms with Crippen LogP contribution < -0.4 is 0 Å². The standard InChI is InChI=1S/C17H21NO3/c1-2-21-14(19)16-9-6-13-12-15(7-4-3-5-8-15)17(20,11-10-16)18(13)16/h3-5,7,13,20H,2,6,9-12H2,1H3/t13-,15+,16+,17-/m0/s1. The summed E-state index contributed by atoms with van der Waals surface area (Å²) >= 11 is 0. The Morgan fingerprint density at radius 1 is 1.43 bits per heavy atom. The molecule has 3 saturated heterocycles. The smallest absolute Gasteiger partial charge is 0.326 e. The van der Waals surface area contributed by atoms with Gasteiger partial charge in [0.25, 0.3) is 0 Å². The van der Waals surface area contributed by atoms with Crippen molar-refractivity contribution in [2.75, 3.05) is 6.61 Å². The number of fused-ring (bicyclic) bond motifs is 1. The highest BCUT2D eigenvalue weighted by atomic mass is 16.5. The maximum Gasteiger partial charge on any atom is 0.326 e. The summed E-state index contributed by atoms with van der Waals surface area (Å²) in [6.07, 6.45) is 15.1. The highest BCUT2D eigenvalue weighted by molar-refractivity contribution is 5.82. The van der Waals surface area contributed by atoms with Crippen LogP contribution in [-0.4, -0.2) is 39.9 Å². The molecular weight excluding hydrogens is 266 g/mol. The molecule has 3 fully saturated rings. The van der Waals surface area contributed by atoms with Crippen molar-refractivity contribution in [1.82, 2.24) is 4.90 Å². The van der Waals surface area contributed by atoms with Gasteiger partial charge in [-0.05, 0) is 39.0 Å². The van der Waals surface area contributed by atoms with E-state index in [9.17, 15) is 9.90 Å². The summed E-state index contributed by atoms with van der Waals surface area (Å²) in [7, 11) is 0. The number of nitrogens with zero attached hydrogens (tertiary/aromatic N) is 1. The Balaban J connectivity index is 1.75. The minimum atomic E-state index is -0.998. The van der Waals surface area contributed by atoms with Gasteiger partial charge >= 0.3 is 5.97 Å². The van der Waals surface area contributed by atoms with E-state index in [0.29, 0.717) is 19.4 Å². The fraction of sp³-hybridized carbons (Fsp3) is 0.647. The van der Waals surface area contributed by atoms with Crippen molar-refractivity contribution >= 4 is 5.97 Å². The van der Waals surface area contributed by atoms with Gasteiger partial charge in [0.15, 0.2) is 0 Å². The normalized spacial score (nSPS) is 47.2. The summed E-state index contributed by atoms with van der Waals surface area (Å²) in [5.74, 6) is -0.157. The van der Waals surface area contributed by atoms with Crippen LogP contribution in [-0.2, 0) is 9.53 Å². The van der Waals surface area contributed by atoms with Gasteiger partial charge in [0.2, 0.25) is 0 Å². The van der Waals surface area contributed by atoms with Crippen molar-refractivity contribution in [3.8, 4) is 0 Å². The van der Waals surface area contributed by atoms with E-state index in [0.717, 1.165) is 19.3 Å². The number of ether oxygens (including phenoxy) is 1. The van der Waals surface area contributed by atoms with Crippen molar-refractivity contribution in [2.24, 2.45) is 5.41 Å². The van der Waals surface area contributed by atoms with E-state index in [-0.39, 0.29) is 12.0 Å². The third-order valence-corrected chi connectivity index (χ3v) is 5.86. The van der Waals surface area contributed by atoms with E-state index in [1.165, 1.54) is 0 Å². The molecule has 2 radical (unpaired) electrons. The topological polar surface area (TPSA) is 49.8 Å². The molecule has 0 amide bonds. The molecule has 3 heterocycles. The van der Waals surface area contributed by atoms with Gasteiger partial charge in [-0.2, -0.15) is 0 Å². The van der Waals surface area contributed by atoms with Crippen LogP contribution in [0.3, 0.4) is 0 Å². The Kier molecular flexibility index (Phi) is 2.71. The lowest BCUT2D eigenvalue weighted by Crippen LogP contribution is -2.57. The second-order valence-electron chi connectivity index (χ2n) is 6.67. The number of aliphatic hydroxyl groups is 1. The quantitative estimate of drug-likeness (QED) is 0.787. The number of hydrogen-bond acceptors (Lipinski definition) is 4. The van der Waals surface area contributed by atoms with Crippen molar-refractivity contribution in [3.63, 3.8) is 0 Å². The average Bonchev–Trinajstić information content (AvgIpc) is 3.07. The van der Waals surface area contributed by atoms with Gasteiger partial charge in [-0.25, -0.2) is 0 Å². The molecule has 0 unspecified atom stereocenters. The SMILES string of the molecule is CCOC(=O)[C@@]12CC[C@H]3C[C@@]4([C]C=CC=C4)[C@@](O)(CC1)N32. The van der Waals surface area contributed by atoms with Crippen LogP contribution in [0.2, 0.25) is 0 Å². The number of rotatable bonds is 2. The first-order valence-electron chi connectivity index (χ1n) is 7.89. The lowest BCUT2D eigenvalue weighted by atomic mass is 9.71. The van der Waals surface area contributed by atoms with E-state index < -0.39 is 16.7 Å². The van der Waals surface area contributed by atoms with Crippen LogP contribution in [0.25, 0.3) is 0 Å². The zero-order valence-corrected chi connectivity index (χ0v) is 12.3. The number of hydrogen-bond donors (Lipinski definition) is 1. The van der Waals surface area contributed by atoms with Crippen molar-refractivity contribution in [1.29, 1.82) is 0 Å². The fourth-order valence-corrected chi connectivity index (χ4v) is 5.04. The molecule has 3 aliphatic heterocycles. The van der Waals surface area contributed by atoms with Gasteiger partial charge in [0, 0.05) is 17.9 Å². The van der Waals surface area contributed by atoms with Crippen molar-refractivity contribution in [3.05, 3.63) is 30.7 Å². The third-order valence-electron chi connectivity index (χ3n) is 5.86. The summed E-state index contributed by atoms with van der Waals surface area (Å²) in [5, 5.41) is 11.4. The second-order valence-corrected chi connectivity index (χ2v) is 6.67. The van der Waals surface area contributed by atoms with Crippen LogP contribution >= 0.6 is 0 Å². The molecule has 0 saturated carbocycles. The number of carbonyl (C=O) groups excluding carboxylic acids is 1. The molecule has 21 heavy (non-hydrogen) atoms. The van der Waals surface area contributed by atoms with E-state index >= 15 is 0 Å². The highest BCUT2D eigenvalue weighted by Gasteiger charge is 2.74. The zero-order valence-electron chi connectivity index (χ0n) is 12.3. The highest BCUT2D eigenvalue weighted by Crippen LogP contribution is 2.65. The average molecular weight is 287 g/mol. The molecule has 1 N–H and O–H groups in total. The fourth-order valence-electron chi connectivity index (χ4n) is 5.04. The predicted molar refractivity (Wildman–Crippen MR) is 77.0 cm³/mol. The molecule has 4 heteroatoms. The molecule has 0 aromatic heterocycles. The monoisotopic (exact) mass is 287 g/mol. The van der Waals surface area contributed by atoms with Gasteiger partial charge in [-0.15, -0.1) is 0 Å². The molecule has 4 aliphatic rings. The van der Waals surface area contributed by atoms with Gasteiger partial charge in [0.05, 0.1) is 6.61 Å². The Bertz CT molecular complexity index is 542. The molecule has 0 aromatic rings. The summed E-state index contributed by atoms with van der Waals surface area (Å²) in [6, 6.07) is 0.241. The van der Waals surface area contributed by atoms with Gasteiger partial charge in [-0.3, -0.25) is 9.69 Å². The summed E-state index contributed by atoms with van der Waals surface area (Å²) in [5.41, 5.74) is -2.08. The largest absolute Gasteiger partial charge is 0.465 e. The Morgan fingerprint density at radius 2 is 2.29 bits per heavy atom. The van der Waals surface area contributed by atoms with Crippen LogP contribution in [0, 0.1) is 11.8 Å². The summed E-state index contributed by atoms with van der Waals surface area (Å²) in [6.45, 7) is 2.23. The molecule has 4 rings (SSSR count). The van der Waals surface area contributed by atoms with Crippen LogP contribution in [0.5, 0.6) is 0 Å². The van der Waals surface area contributed by atoms with Crippen LogP contribution in [0.1, 0.15) is 39.0 Å². The zero-order chi connectivity index (χ0) is 14.7. The Labute approximate surface area is 125 Å². The van der Waals surface area contributed by atoms with E-state index in [2.05, 4.69) is 17.4 Å². The molecule has 1 aliphatic carbocycles. The first kappa shape index (κ1) is 13.5. The van der Waals surface area contributed by atoms with Gasteiger partial charge in [0.1, 0.15) is 11.3 Å². The second kappa shape index (κ2) is 4.20. The van der Waals surface area contributed by atoms with E-state index in [1.807, 2.05) is 25.2 Å². The molecule has 112 valence electrons. The number of esters is 1. The van der Waals surface area contributed by atoms with Crippen molar-refractivity contribution < 1.29 is 14.6 Å². The van der Waals surface area contributed by atoms with E-state index in [4.69, 9.17) is 4.74 Å². The Morgan fingerprint density at radius 3 is 3.00 bits per heavy atom. The molecule has 1 spiro atoms. The van der Waals surface area contributed by atoms with E-state index in [1.54, 1.807) is 0 Å². The lowest BCUT2D eigenvalue weighted by Gasteiger charge is -2.43. The lowest BCUT2D eigenvalue weighted by molar-refractivity contribution is -0.169. The van der Waals surface area contributed by atoms with Crippen LogP contribution in [0.4, 0.5) is 0 Å². The first-order chi connectivity index (χ1) is 10.1. The maximum absolute atomic E-state index is 12.6. The molecule has 4 nitrogen and oxygen atoms in total. The summed E-state index contributed by atoms with van der Waals surface area (Å²) < 4.78 is 5.33. The minimum absolute atomic E-state index is 0.157. The molecule has 4 atom stereocenters. The molecule has 0 bridgehead atoms. The minimum Gasteiger partial charge on any atom is -0.465 e. The summed E-state index contributed by atoms with van der Waals surface area (Å²) in [4.78, 5) is 14.6. The molecular formula is C17H21NO3. The van der Waals surface area contributed by atoms with Gasteiger partial charge < -0.3 is 9.84 Å². The molecule has 0 aromatic carbocycles. The number of allylic oxidation sites excluding steroid dienone is 3. The van der Waals surface area contributed by atoms with Gasteiger partial charge in [-0.1, -0.05) is 24.3 Å². The maximum atomic E-state index is 12.6. The third kappa shape index (κ3) is 1.45.